The molecule has 0 saturated carbocycles. The van der Waals surface area contributed by atoms with Gasteiger partial charge in [-0.3, -0.25) is 14.5 Å². The fourth-order valence-corrected chi connectivity index (χ4v) is 3.74. The lowest BCUT2D eigenvalue weighted by molar-refractivity contribution is 0.102. The molecule has 0 fully saturated rings. The summed E-state index contributed by atoms with van der Waals surface area (Å²) in [5, 5.41) is 2.56. The van der Waals surface area contributed by atoms with E-state index in [1.54, 1.807) is 36.7 Å². The van der Waals surface area contributed by atoms with Crippen molar-refractivity contribution in [3.8, 4) is 5.88 Å². The molecule has 3 aromatic heterocycles. The first-order chi connectivity index (χ1) is 16.4. The van der Waals surface area contributed by atoms with Crippen LogP contribution in [-0.2, 0) is 16.6 Å². The van der Waals surface area contributed by atoms with Crippen molar-refractivity contribution >= 4 is 27.6 Å². The largest absolute Gasteiger partial charge is 0.470 e. The van der Waals surface area contributed by atoms with Crippen LogP contribution in [0.5, 0.6) is 5.88 Å². The number of hydrogen-bond donors (Lipinski definition) is 2. The third kappa shape index (κ3) is 5.66. The summed E-state index contributed by atoms with van der Waals surface area (Å²) in [6.07, 6.45) is 7.10. The van der Waals surface area contributed by atoms with Gasteiger partial charge in [0.05, 0.1) is 11.1 Å². The van der Waals surface area contributed by atoms with E-state index in [0.717, 1.165) is 11.8 Å². The lowest BCUT2D eigenvalue weighted by Crippen LogP contribution is -2.19. The van der Waals surface area contributed by atoms with Crippen LogP contribution in [0.15, 0.2) is 78.5 Å². The monoisotopic (exact) mass is 477 g/mol. The number of hydrogen-bond acceptors (Lipinski definition) is 9. The number of aryl methyl sites for hydroxylation is 1. The van der Waals surface area contributed by atoms with Crippen LogP contribution in [0.1, 0.15) is 21.6 Å². The van der Waals surface area contributed by atoms with Crippen molar-refractivity contribution in [2.24, 2.45) is 0 Å². The van der Waals surface area contributed by atoms with Crippen molar-refractivity contribution in [1.82, 2.24) is 24.9 Å². The van der Waals surface area contributed by atoms with Crippen molar-refractivity contribution in [1.29, 1.82) is 0 Å². The summed E-state index contributed by atoms with van der Waals surface area (Å²) in [6.45, 7) is 1.88. The number of sulfonamides is 1. The summed E-state index contributed by atoms with van der Waals surface area (Å²) in [6, 6.07) is 11.3. The number of carbonyl (C=O) groups excluding carboxylic acids is 1. The van der Waals surface area contributed by atoms with Crippen LogP contribution >= 0.6 is 0 Å². The van der Waals surface area contributed by atoms with Crippen LogP contribution in [0.4, 0.5) is 11.6 Å². The van der Waals surface area contributed by atoms with E-state index in [9.17, 15) is 13.2 Å². The van der Waals surface area contributed by atoms with Gasteiger partial charge in [0.1, 0.15) is 18.8 Å². The summed E-state index contributed by atoms with van der Waals surface area (Å²) in [5.74, 6) is -0.674. The summed E-state index contributed by atoms with van der Waals surface area (Å²) >= 11 is 0. The topological polar surface area (TPSA) is 149 Å². The SMILES string of the molecule is Cc1ccc(S(=O)(=O)Nc2ncc(C(=O)Nc3ccncn3)nc2OCc2cccnc2)cc1. The Morgan fingerprint density at radius 1 is 1.00 bits per heavy atom. The van der Waals surface area contributed by atoms with Crippen molar-refractivity contribution in [3.63, 3.8) is 0 Å². The number of ether oxygens (including phenoxy) is 1. The van der Waals surface area contributed by atoms with Crippen molar-refractivity contribution in [3.05, 3.63) is 90.4 Å². The van der Waals surface area contributed by atoms with Gasteiger partial charge in [0.15, 0.2) is 5.69 Å². The number of amides is 1. The molecule has 12 heteroatoms. The zero-order chi connectivity index (χ0) is 24.0. The third-order valence-electron chi connectivity index (χ3n) is 4.46. The molecular formula is C22H19N7O4S. The highest BCUT2D eigenvalue weighted by molar-refractivity contribution is 7.92. The number of anilines is 2. The van der Waals surface area contributed by atoms with Gasteiger partial charge in [-0.05, 0) is 31.2 Å². The molecule has 0 saturated heterocycles. The van der Waals surface area contributed by atoms with Gasteiger partial charge in [-0.15, -0.1) is 0 Å². The predicted octanol–water partition coefficient (Wildman–Crippen LogP) is 2.60. The van der Waals surface area contributed by atoms with Crippen LogP contribution in [0.2, 0.25) is 0 Å². The first-order valence-corrected chi connectivity index (χ1v) is 11.4. The second-order valence-corrected chi connectivity index (χ2v) is 8.71. The molecule has 11 nitrogen and oxygen atoms in total. The molecule has 1 amide bonds. The van der Waals surface area contributed by atoms with E-state index in [1.807, 2.05) is 6.92 Å². The zero-order valence-electron chi connectivity index (χ0n) is 17.9. The Morgan fingerprint density at radius 3 is 2.53 bits per heavy atom. The minimum atomic E-state index is -3.98. The van der Waals surface area contributed by atoms with Gasteiger partial charge in [0, 0.05) is 24.2 Å². The van der Waals surface area contributed by atoms with Crippen molar-refractivity contribution in [2.45, 2.75) is 18.4 Å². The highest BCUT2D eigenvalue weighted by Crippen LogP contribution is 2.24. The Balaban J connectivity index is 1.62. The summed E-state index contributed by atoms with van der Waals surface area (Å²) in [5.41, 5.74) is 1.53. The number of nitrogens with one attached hydrogen (secondary N) is 2. The maximum atomic E-state index is 12.9. The van der Waals surface area contributed by atoms with E-state index in [-0.39, 0.29) is 34.7 Å². The van der Waals surface area contributed by atoms with E-state index in [4.69, 9.17) is 4.74 Å². The second-order valence-electron chi connectivity index (χ2n) is 7.03. The molecule has 4 aromatic rings. The summed E-state index contributed by atoms with van der Waals surface area (Å²) < 4.78 is 33.8. The van der Waals surface area contributed by atoms with Crippen molar-refractivity contribution in [2.75, 3.05) is 10.0 Å². The molecule has 0 unspecified atom stereocenters. The third-order valence-corrected chi connectivity index (χ3v) is 5.81. The highest BCUT2D eigenvalue weighted by Gasteiger charge is 2.21. The van der Waals surface area contributed by atoms with Crippen LogP contribution in [-0.4, -0.2) is 39.2 Å². The lowest BCUT2D eigenvalue weighted by Gasteiger charge is -2.13. The maximum absolute atomic E-state index is 12.9. The first kappa shape index (κ1) is 22.7. The molecule has 0 radical (unpaired) electrons. The molecule has 3 heterocycles. The normalized spacial score (nSPS) is 11.0. The molecule has 4 rings (SSSR count). The van der Waals surface area contributed by atoms with Crippen LogP contribution < -0.4 is 14.8 Å². The fraction of sp³-hybridized carbons (Fsp3) is 0.0909. The second kappa shape index (κ2) is 10.0. The number of nitrogens with zero attached hydrogens (tertiary/aromatic N) is 5. The standard InChI is InChI=1S/C22H19N7O4S/c1-15-4-6-17(7-5-15)34(31,32)29-20-22(33-13-16-3-2-9-23-11-16)27-18(12-25-20)21(30)28-19-8-10-24-14-26-19/h2-12,14H,13H2,1H3,(H,25,29)(H,24,26,28,30). The van der Waals surface area contributed by atoms with E-state index in [2.05, 4.69) is 35.0 Å². The maximum Gasteiger partial charge on any atom is 0.277 e. The number of pyridine rings is 1. The Bertz CT molecular complexity index is 1380. The Kier molecular flexibility index (Phi) is 6.69. The molecule has 0 aliphatic carbocycles. The van der Waals surface area contributed by atoms with Crippen molar-refractivity contribution < 1.29 is 17.9 Å². The molecule has 2 N–H and O–H groups in total. The minimum Gasteiger partial charge on any atom is -0.470 e. The number of rotatable bonds is 8. The lowest BCUT2D eigenvalue weighted by atomic mass is 10.2. The van der Waals surface area contributed by atoms with Gasteiger partial charge >= 0.3 is 0 Å². The minimum absolute atomic E-state index is 0.0265. The smallest absolute Gasteiger partial charge is 0.277 e. The molecule has 34 heavy (non-hydrogen) atoms. The van der Waals surface area contributed by atoms with Gasteiger partial charge < -0.3 is 10.1 Å². The van der Waals surface area contributed by atoms with Gasteiger partial charge in [-0.2, -0.15) is 0 Å². The fourth-order valence-electron chi connectivity index (χ4n) is 2.74. The molecule has 0 aliphatic rings. The van der Waals surface area contributed by atoms with Gasteiger partial charge in [0.2, 0.25) is 5.82 Å². The Labute approximate surface area is 195 Å². The average molecular weight is 478 g/mol. The van der Waals surface area contributed by atoms with Gasteiger partial charge in [-0.25, -0.2) is 28.4 Å². The van der Waals surface area contributed by atoms with E-state index < -0.39 is 15.9 Å². The zero-order valence-corrected chi connectivity index (χ0v) is 18.7. The molecule has 0 bridgehead atoms. The average Bonchev–Trinajstić information content (AvgIpc) is 2.85. The van der Waals surface area contributed by atoms with E-state index >= 15 is 0 Å². The Hall–Kier alpha value is -4.45. The van der Waals surface area contributed by atoms with Crippen LogP contribution in [0.3, 0.4) is 0 Å². The summed E-state index contributed by atoms with van der Waals surface area (Å²) in [4.78, 5) is 32.7. The quantitative estimate of drug-likeness (QED) is 0.390. The number of carbonyl (C=O) groups is 1. The van der Waals surface area contributed by atoms with Crippen LogP contribution in [0.25, 0.3) is 0 Å². The molecule has 172 valence electrons. The Morgan fingerprint density at radius 2 is 1.82 bits per heavy atom. The molecular weight excluding hydrogens is 458 g/mol. The molecule has 0 atom stereocenters. The predicted molar refractivity (Wildman–Crippen MR) is 123 cm³/mol. The van der Waals surface area contributed by atoms with Gasteiger partial charge in [-0.1, -0.05) is 23.8 Å². The molecule has 0 aliphatic heterocycles. The molecule has 1 aromatic carbocycles. The number of aromatic nitrogens is 5. The van der Waals surface area contributed by atoms with E-state index in [0.29, 0.717) is 5.56 Å². The highest BCUT2D eigenvalue weighted by atomic mass is 32.2. The van der Waals surface area contributed by atoms with Gasteiger partial charge in [0.25, 0.3) is 21.8 Å². The number of benzene rings is 1. The molecule has 0 spiro atoms. The summed E-state index contributed by atoms with van der Waals surface area (Å²) in [7, 11) is -3.98. The van der Waals surface area contributed by atoms with Crippen LogP contribution in [0, 0.1) is 6.92 Å². The first-order valence-electron chi connectivity index (χ1n) is 9.96. The van der Waals surface area contributed by atoms with E-state index in [1.165, 1.54) is 30.7 Å².